The molecule has 0 spiro atoms. The van der Waals surface area contributed by atoms with Crippen LogP contribution in [-0.2, 0) is 0 Å². The van der Waals surface area contributed by atoms with Crippen molar-refractivity contribution in [2.45, 2.75) is 27.2 Å². The van der Waals surface area contributed by atoms with E-state index >= 15 is 0 Å². The molecule has 0 unspecified atom stereocenters. The Hall–Kier alpha value is -2.04. The average Bonchev–Trinajstić information content (AvgIpc) is 3.01. The van der Waals surface area contributed by atoms with Gasteiger partial charge >= 0.3 is 0 Å². The summed E-state index contributed by atoms with van der Waals surface area (Å²) in [4.78, 5) is 7.40. The SMILES string of the molecule is CC.Cc1ccc2c(c1)C(N1CCCNCC1)=Nc1cc(Cl)ccc1N2. The quantitative estimate of drug-likeness (QED) is 0.677. The summed E-state index contributed by atoms with van der Waals surface area (Å²) in [5.74, 6) is 1.03. The molecule has 0 aromatic heterocycles. The highest BCUT2D eigenvalue weighted by molar-refractivity contribution is 6.31. The molecule has 2 heterocycles. The van der Waals surface area contributed by atoms with Crippen molar-refractivity contribution in [3.8, 4) is 0 Å². The Balaban J connectivity index is 0.000000948. The van der Waals surface area contributed by atoms with E-state index in [4.69, 9.17) is 16.6 Å². The second kappa shape index (κ2) is 8.56. The van der Waals surface area contributed by atoms with E-state index < -0.39 is 0 Å². The number of nitrogens with one attached hydrogen (secondary N) is 2. The summed E-state index contributed by atoms with van der Waals surface area (Å²) in [6.45, 7) is 10.1. The molecule has 4 nitrogen and oxygen atoms in total. The summed E-state index contributed by atoms with van der Waals surface area (Å²) in [6.07, 6.45) is 1.12. The zero-order chi connectivity index (χ0) is 18.5. The van der Waals surface area contributed by atoms with E-state index in [2.05, 4.69) is 40.7 Å². The molecule has 1 saturated heterocycles. The van der Waals surface area contributed by atoms with Crippen molar-refractivity contribution in [1.29, 1.82) is 0 Å². The number of nitrogens with zero attached hydrogens (tertiary/aromatic N) is 2. The van der Waals surface area contributed by atoms with E-state index in [0.717, 1.165) is 61.1 Å². The fourth-order valence-corrected chi connectivity index (χ4v) is 3.44. The minimum Gasteiger partial charge on any atom is -0.355 e. The summed E-state index contributed by atoms with van der Waals surface area (Å²) in [5.41, 5.74) is 5.37. The van der Waals surface area contributed by atoms with Gasteiger partial charge in [0.2, 0.25) is 0 Å². The van der Waals surface area contributed by atoms with Crippen LogP contribution in [0.15, 0.2) is 41.4 Å². The molecule has 4 rings (SSSR count). The maximum absolute atomic E-state index is 6.21. The molecule has 0 amide bonds. The number of aryl methyl sites for hydroxylation is 1. The fraction of sp³-hybridized carbons (Fsp3) is 0.381. The Morgan fingerprint density at radius 1 is 1.00 bits per heavy atom. The van der Waals surface area contributed by atoms with Gasteiger partial charge in [-0.25, -0.2) is 4.99 Å². The van der Waals surface area contributed by atoms with Gasteiger partial charge in [-0.1, -0.05) is 37.1 Å². The van der Waals surface area contributed by atoms with Crippen LogP contribution in [0.4, 0.5) is 17.1 Å². The number of aliphatic imine (C=N–C) groups is 1. The van der Waals surface area contributed by atoms with Crippen LogP contribution < -0.4 is 10.6 Å². The molecule has 138 valence electrons. The predicted molar refractivity (Wildman–Crippen MR) is 113 cm³/mol. The smallest absolute Gasteiger partial charge is 0.138 e. The fourth-order valence-electron chi connectivity index (χ4n) is 3.27. The third-order valence-electron chi connectivity index (χ3n) is 4.51. The van der Waals surface area contributed by atoms with Gasteiger partial charge in [-0.2, -0.15) is 0 Å². The van der Waals surface area contributed by atoms with Crippen LogP contribution in [0.3, 0.4) is 0 Å². The summed E-state index contributed by atoms with van der Waals surface area (Å²) < 4.78 is 0. The Bertz CT molecular complexity index is 793. The first-order valence-electron chi connectivity index (χ1n) is 9.43. The van der Waals surface area contributed by atoms with Crippen molar-refractivity contribution in [2.75, 3.05) is 31.5 Å². The lowest BCUT2D eigenvalue weighted by atomic mass is 10.1. The van der Waals surface area contributed by atoms with E-state index in [1.54, 1.807) is 0 Å². The predicted octanol–water partition coefficient (Wildman–Crippen LogP) is 5.11. The highest BCUT2D eigenvalue weighted by Gasteiger charge is 2.22. The van der Waals surface area contributed by atoms with Crippen LogP contribution in [0.25, 0.3) is 0 Å². The molecule has 5 heteroatoms. The van der Waals surface area contributed by atoms with Gasteiger partial charge < -0.3 is 15.5 Å². The maximum Gasteiger partial charge on any atom is 0.138 e. The number of halogens is 1. The first kappa shape index (κ1) is 18.7. The van der Waals surface area contributed by atoms with Gasteiger partial charge in [-0.3, -0.25) is 0 Å². The number of fused-ring (bicyclic) bond motifs is 2. The van der Waals surface area contributed by atoms with E-state index in [-0.39, 0.29) is 0 Å². The summed E-state index contributed by atoms with van der Waals surface area (Å²) >= 11 is 6.21. The monoisotopic (exact) mass is 370 g/mol. The highest BCUT2D eigenvalue weighted by atomic mass is 35.5. The van der Waals surface area contributed by atoms with Crippen molar-refractivity contribution in [3.63, 3.8) is 0 Å². The minimum atomic E-state index is 0.707. The van der Waals surface area contributed by atoms with Crippen LogP contribution in [0.1, 0.15) is 31.4 Å². The molecule has 0 bridgehead atoms. The van der Waals surface area contributed by atoms with Crippen molar-refractivity contribution in [2.24, 2.45) is 4.99 Å². The molecular weight excluding hydrogens is 344 g/mol. The number of anilines is 2. The van der Waals surface area contributed by atoms with Crippen LogP contribution in [-0.4, -0.2) is 36.9 Å². The van der Waals surface area contributed by atoms with Crippen molar-refractivity contribution in [3.05, 3.63) is 52.5 Å². The Morgan fingerprint density at radius 2 is 1.81 bits per heavy atom. The molecule has 0 radical (unpaired) electrons. The van der Waals surface area contributed by atoms with E-state index in [9.17, 15) is 0 Å². The summed E-state index contributed by atoms with van der Waals surface area (Å²) in [6, 6.07) is 12.3. The Kier molecular flexibility index (Phi) is 6.17. The van der Waals surface area contributed by atoms with Crippen molar-refractivity contribution < 1.29 is 0 Å². The molecule has 26 heavy (non-hydrogen) atoms. The molecule has 2 N–H and O–H groups in total. The third kappa shape index (κ3) is 4.02. The number of amidine groups is 1. The molecular formula is C21H27ClN4. The van der Waals surface area contributed by atoms with Gasteiger partial charge in [0, 0.05) is 35.9 Å². The first-order chi connectivity index (χ1) is 12.7. The maximum atomic E-state index is 6.21. The van der Waals surface area contributed by atoms with Gasteiger partial charge in [0.15, 0.2) is 0 Å². The number of benzene rings is 2. The zero-order valence-corrected chi connectivity index (χ0v) is 16.5. The number of hydrogen-bond donors (Lipinski definition) is 2. The second-order valence-corrected chi connectivity index (χ2v) is 6.80. The van der Waals surface area contributed by atoms with Gasteiger partial charge in [0.1, 0.15) is 5.84 Å². The molecule has 2 aliphatic rings. The molecule has 2 aromatic rings. The summed E-state index contributed by atoms with van der Waals surface area (Å²) in [7, 11) is 0. The van der Waals surface area contributed by atoms with Crippen molar-refractivity contribution in [1.82, 2.24) is 10.2 Å². The summed E-state index contributed by atoms with van der Waals surface area (Å²) in [5, 5.41) is 7.70. The van der Waals surface area contributed by atoms with Crippen LogP contribution >= 0.6 is 11.6 Å². The molecule has 0 aliphatic carbocycles. The number of rotatable bonds is 0. The minimum absolute atomic E-state index is 0.707. The lowest BCUT2D eigenvalue weighted by Gasteiger charge is -2.25. The van der Waals surface area contributed by atoms with Gasteiger partial charge in [0.25, 0.3) is 0 Å². The topological polar surface area (TPSA) is 39.7 Å². The lowest BCUT2D eigenvalue weighted by Crippen LogP contribution is -2.35. The number of hydrogen-bond acceptors (Lipinski definition) is 4. The van der Waals surface area contributed by atoms with E-state index in [1.165, 1.54) is 5.56 Å². The standard InChI is InChI=1S/C19H21ClN4.C2H6/c1-13-3-5-16-15(11-13)19(24-9-2-7-21-8-10-24)23-18-12-14(20)4-6-17(18)22-16;1-2/h3-6,11-12,21-22H,2,7-10H2,1H3;1-2H3. The largest absolute Gasteiger partial charge is 0.355 e. The van der Waals surface area contributed by atoms with Crippen molar-refractivity contribution >= 4 is 34.5 Å². The van der Waals surface area contributed by atoms with Gasteiger partial charge in [0.05, 0.1) is 11.4 Å². The highest BCUT2D eigenvalue weighted by Crippen LogP contribution is 2.36. The van der Waals surface area contributed by atoms with Crippen LogP contribution in [0.2, 0.25) is 5.02 Å². The normalized spacial score (nSPS) is 16.0. The molecule has 0 saturated carbocycles. The zero-order valence-electron chi connectivity index (χ0n) is 15.8. The second-order valence-electron chi connectivity index (χ2n) is 6.36. The van der Waals surface area contributed by atoms with Crippen LogP contribution in [0.5, 0.6) is 0 Å². The Morgan fingerprint density at radius 3 is 2.65 bits per heavy atom. The molecule has 1 fully saturated rings. The van der Waals surface area contributed by atoms with Gasteiger partial charge in [-0.15, -0.1) is 0 Å². The van der Waals surface area contributed by atoms with Gasteiger partial charge in [-0.05, 0) is 50.2 Å². The van der Waals surface area contributed by atoms with E-state index in [1.807, 2.05) is 32.0 Å². The Labute approximate surface area is 161 Å². The molecule has 0 atom stereocenters. The molecule has 2 aliphatic heterocycles. The third-order valence-corrected chi connectivity index (χ3v) is 4.75. The molecule has 2 aromatic carbocycles. The van der Waals surface area contributed by atoms with E-state index in [0.29, 0.717) is 5.02 Å². The lowest BCUT2D eigenvalue weighted by molar-refractivity contribution is 0.447. The van der Waals surface area contributed by atoms with Crippen LogP contribution in [0, 0.1) is 6.92 Å². The first-order valence-corrected chi connectivity index (χ1v) is 9.80. The average molecular weight is 371 g/mol.